The molecule has 0 saturated heterocycles. The van der Waals surface area contributed by atoms with E-state index in [-0.39, 0.29) is 5.91 Å². The van der Waals surface area contributed by atoms with E-state index in [1.54, 1.807) is 30.8 Å². The fourth-order valence-corrected chi connectivity index (χ4v) is 3.25. The van der Waals surface area contributed by atoms with Crippen molar-refractivity contribution in [3.05, 3.63) is 64.1 Å². The first kappa shape index (κ1) is 15.1. The predicted octanol–water partition coefficient (Wildman–Crippen LogP) is 4.44. The van der Waals surface area contributed by atoms with E-state index in [1.807, 2.05) is 42.5 Å². The van der Waals surface area contributed by atoms with Crippen molar-refractivity contribution in [2.75, 3.05) is 14.1 Å². The molecular formula is C16H16BrNOS. The van der Waals surface area contributed by atoms with Crippen LogP contribution in [0.1, 0.15) is 15.9 Å². The topological polar surface area (TPSA) is 20.3 Å². The number of carbonyl (C=O) groups excluding carboxylic acids is 1. The first-order chi connectivity index (χ1) is 9.58. The Balaban J connectivity index is 2.01. The van der Waals surface area contributed by atoms with E-state index >= 15 is 0 Å². The average Bonchev–Trinajstić information content (AvgIpc) is 2.46. The number of benzene rings is 2. The lowest BCUT2D eigenvalue weighted by atomic mass is 10.1. The van der Waals surface area contributed by atoms with Crippen molar-refractivity contribution in [3.63, 3.8) is 0 Å². The summed E-state index contributed by atoms with van der Waals surface area (Å²) in [4.78, 5) is 14.6. The number of halogens is 1. The van der Waals surface area contributed by atoms with Gasteiger partial charge >= 0.3 is 0 Å². The molecule has 20 heavy (non-hydrogen) atoms. The van der Waals surface area contributed by atoms with Crippen molar-refractivity contribution in [1.82, 2.24) is 4.90 Å². The Morgan fingerprint density at radius 1 is 1.10 bits per heavy atom. The van der Waals surface area contributed by atoms with Gasteiger partial charge in [-0.15, -0.1) is 11.8 Å². The normalized spacial score (nSPS) is 10.3. The van der Waals surface area contributed by atoms with Gasteiger partial charge in [0.15, 0.2) is 0 Å². The summed E-state index contributed by atoms with van der Waals surface area (Å²) < 4.78 is 1.12. The van der Waals surface area contributed by atoms with Crippen molar-refractivity contribution in [3.8, 4) is 0 Å². The van der Waals surface area contributed by atoms with Crippen molar-refractivity contribution in [1.29, 1.82) is 0 Å². The zero-order valence-corrected chi connectivity index (χ0v) is 13.9. The second-order valence-corrected chi connectivity index (χ2v) is 6.49. The lowest BCUT2D eigenvalue weighted by molar-refractivity contribution is 0.0827. The zero-order valence-electron chi connectivity index (χ0n) is 11.5. The number of hydrogen-bond acceptors (Lipinski definition) is 2. The van der Waals surface area contributed by atoms with E-state index in [0.717, 1.165) is 15.8 Å². The molecule has 0 heterocycles. The Bertz CT molecular complexity index is 596. The molecule has 0 aliphatic heterocycles. The molecule has 2 nitrogen and oxygen atoms in total. The summed E-state index contributed by atoms with van der Waals surface area (Å²) >= 11 is 5.32. The third kappa shape index (κ3) is 3.87. The van der Waals surface area contributed by atoms with Crippen molar-refractivity contribution < 1.29 is 4.79 Å². The minimum absolute atomic E-state index is 0.0370. The summed E-state index contributed by atoms with van der Waals surface area (Å²) in [6.07, 6.45) is 0. The standard InChI is InChI=1S/C16H16BrNOS/c1-18(2)16(19)13-9-7-12(8-10-13)11-20-15-6-4-3-5-14(15)17/h3-10H,11H2,1-2H3. The van der Waals surface area contributed by atoms with Crippen LogP contribution in [0.5, 0.6) is 0 Å². The maximum absolute atomic E-state index is 11.8. The van der Waals surface area contributed by atoms with Crippen LogP contribution in [-0.2, 0) is 5.75 Å². The Labute approximate surface area is 132 Å². The molecule has 2 aromatic rings. The molecule has 0 radical (unpaired) electrons. The molecule has 0 N–H and O–H groups in total. The third-order valence-corrected chi connectivity index (χ3v) is 4.94. The molecule has 0 spiro atoms. The highest BCUT2D eigenvalue weighted by atomic mass is 79.9. The number of thioether (sulfide) groups is 1. The molecule has 0 unspecified atom stereocenters. The fraction of sp³-hybridized carbons (Fsp3) is 0.188. The lowest BCUT2D eigenvalue weighted by Gasteiger charge is -2.10. The Morgan fingerprint density at radius 3 is 2.35 bits per heavy atom. The second-order valence-electron chi connectivity index (χ2n) is 4.62. The minimum atomic E-state index is 0.0370. The molecule has 0 bridgehead atoms. The van der Waals surface area contributed by atoms with E-state index in [2.05, 4.69) is 22.0 Å². The molecule has 104 valence electrons. The Hall–Kier alpha value is -1.26. The summed E-state index contributed by atoms with van der Waals surface area (Å²) in [5.41, 5.74) is 1.94. The van der Waals surface area contributed by atoms with Crippen molar-refractivity contribution in [2.45, 2.75) is 10.6 Å². The van der Waals surface area contributed by atoms with Crippen LogP contribution in [0.3, 0.4) is 0 Å². The number of rotatable bonds is 4. The van der Waals surface area contributed by atoms with Gasteiger partial charge < -0.3 is 4.90 Å². The molecule has 0 aromatic heterocycles. The molecule has 0 aliphatic carbocycles. The highest BCUT2D eigenvalue weighted by molar-refractivity contribution is 9.10. The van der Waals surface area contributed by atoms with Gasteiger partial charge in [-0.25, -0.2) is 0 Å². The summed E-state index contributed by atoms with van der Waals surface area (Å²) in [7, 11) is 3.53. The number of carbonyl (C=O) groups is 1. The lowest BCUT2D eigenvalue weighted by Crippen LogP contribution is -2.21. The van der Waals surface area contributed by atoms with Crippen LogP contribution < -0.4 is 0 Å². The number of amides is 1. The number of nitrogens with zero attached hydrogens (tertiary/aromatic N) is 1. The predicted molar refractivity (Wildman–Crippen MR) is 88.2 cm³/mol. The molecule has 1 amide bonds. The minimum Gasteiger partial charge on any atom is -0.345 e. The fourth-order valence-electron chi connectivity index (χ4n) is 1.72. The summed E-state index contributed by atoms with van der Waals surface area (Å²) in [6.45, 7) is 0. The monoisotopic (exact) mass is 349 g/mol. The summed E-state index contributed by atoms with van der Waals surface area (Å²) in [5, 5.41) is 0. The van der Waals surface area contributed by atoms with E-state index in [4.69, 9.17) is 0 Å². The first-order valence-corrected chi connectivity index (χ1v) is 8.03. The Kier molecular flexibility index (Phi) is 5.26. The Morgan fingerprint density at radius 2 is 1.75 bits per heavy atom. The smallest absolute Gasteiger partial charge is 0.253 e. The van der Waals surface area contributed by atoms with Gasteiger partial charge in [-0.3, -0.25) is 4.79 Å². The first-order valence-electron chi connectivity index (χ1n) is 6.26. The molecule has 4 heteroatoms. The SMILES string of the molecule is CN(C)C(=O)c1ccc(CSc2ccccc2Br)cc1. The van der Waals surface area contributed by atoms with Gasteiger partial charge in [0.05, 0.1) is 0 Å². The van der Waals surface area contributed by atoms with Gasteiger partial charge in [-0.2, -0.15) is 0 Å². The quantitative estimate of drug-likeness (QED) is 0.760. The van der Waals surface area contributed by atoms with Gasteiger partial charge in [0, 0.05) is 34.8 Å². The van der Waals surface area contributed by atoms with Crippen molar-refractivity contribution in [2.24, 2.45) is 0 Å². The van der Waals surface area contributed by atoms with Gasteiger partial charge in [-0.1, -0.05) is 24.3 Å². The molecular weight excluding hydrogens is 334 g/mol. The molecule has 0 atom stereocenters. The summed E-state index contributed by atoms with van der Waals surface area (Å²) in [5.74, 6) is 0.925. The molecule has 2 rings (SSSR count). The van der Waals surface area contributed by atoms with Crippen LogP contribution in [-0.4, -0.2) is 24.9 Å². The zero-order chi connectivity index (χ0) is 14.5. The third-order valence-electron chi connectivity index (χ3n) is 2.84. The van der Waals surface area contributed by atoms with Gasteiger partial charge in [0.1, 0.15) is 0 Å². The maximum atomic E-state index is 11.8. The largest absolute Gasteiger partial charge is 0.345 e. The van der Waals surface area contributed by atoms with Crippen LogP contribution in [0.4, 0.5) is 0 Å². The highest BCUT2D eigenvalue weighted by Gasteiger charge is 2.07. The second kappa shape index (κ2) is 6.95. The maximum Gasteiger partial charge on any atom is 0.253 e. The van der Waals surface area contributed by atoms with Gasteiger partial charge in [0.2, 0.25) is 0 Å². The van der Waals surface area contributed by atoms with Crippen LogP contribution in [0.15, 0.2) is 57.9 Å². The van der Waals surface area contributed by atoms with E-state index < -0.39 is 0 Å². The number of hydrogen-bond donors (Lipinski definition) is 0. The molecule has 2 aromatic carbocycles. The van der Waals surface area contributed by atoms with E-state index in [9.17, 15) is 4.79 Å². The van der Waals surface area contributed by atoms with E-state index in [1.165, 1.54) is 10.5 Å². The van der Waals surface area contributed by atoms with Crippen LogP contribution in [0, 0.1) is 0 Å². The average molecular weight is 350 g/mol. The van der Waals surface area contributed by atoms with Crippen molar-refractivity contribution >= 4 is 33.6 Å². The van der Waals surface area contributed by atoms with E-state index in [0.29, 0.717) is 0 Å². The highest BCUT2D eigenvalue weighted by Crippen LogP contribution is 2.29. The molecule has 0 fully saturated rings. The van der Waals surface area contributed by atoms with Gasteiger partial charge in [0.25, 0.3) is 5.91 Å². The van der Waals surface area contributed by atoms with Gasteiger partial charge in [-0.05, 0) is 45.8 Å². The van der Waals surface area contributed by atoms with Crippen LogP contribution >= 0.6 is 27.7 Å². The molecule has 0 aliphatic rings. The summed E-state index contributed by atoms with van der Waals surface area (Å²) in [6, 6.07) is 16.0. The van der Waals surface area contributed by atoms with Crippen LogP contribution in [0.25, 0.3) is 0 Å². The molecule has 0 saturated carbocycles. The van der Waals surface area contributed by atoms with Crippen LogP contribution in [0.2, 0.25) is 0 Å².